The van der Waals surface area contributed by atoms with Gasteiger partial charge >= 0.3 is 6.01 Å². The molecule has 7 nitrogen and oxygen atoms in total. The second kappa shape index (κ2) is 12.6. The summed E-state index contributed by atoms with van der Waals surface area (Å²) in [6.07, 6.45) is 8.35. The predicted octanol–water partition coefficient (Wildman–Crippen LogP) is 6.89. The predicted molar refractivity (Wildman–Crippen MR) is 162 cm³/mol. The molecule has 0 aliphatic carbocycles. The van der Waals surface area contributed by atoms with Gasteiger partial charge in [0, 0.05) is 35.0 Å². The topological polar surface area (TPSA) is 80.5 Å². The Kier molecular flexibility index (Phi) is 8.08. The Morgan fingerprint density at radius 3 is 2.73 bits per heavy atom. The van der Waals surface area contributed by atoms with Crippen LogP contribution in [0.3, 0.4) is 0 Å². The number of benzene rings is 2. The third-order valence-electron chi connectivity index (χ3n) is 8.35. The lowest BCUT2D eigenvalue weighted by Crippen LogP contribution is -2.31. The Morgan fingerprint density at radius 2 is 2.02 bits per heavy atom. The van der Waals surface area contributed by atoms with Gasteiger partial charge < -0.3 is 14.7 Å². The fourth-order valence-electron chi connectivity index (χ4n) is 6.04. The van der Waals surface area contributed by atoms with E-state index in [4.69, 9.17) is 12.5 Å². The minimum absolute atomic E-state index is 0.0251. The SMILES string of the molecule is [2H]C([2H])(Oc1nc(C(CC)CCCCC)c2ccn(-c3cc(O)cc4ccc(F)c(CC)c34)c(=O)c2n1)[C@@H]1CCCN1C. The Balaban J connectivity index is 1.73. The van der Waals surface area contributed by atoms with Gasteiger partial charge in [-0.2, -0.15) is 9.97 Å². The van der Waals surface area contributed by atoms with E-state index in [-0.39, 0.29) is 29.0 Å². The van der Waals surface area contributed by atoms with E-state index < -0.39 is 18.2 Å². The average molecular weight is 563 g/mol. The maximum Gasteiger partial charge on any atom is 0.317 e. The van der Waals surface area contributed by atoms with E-state index in [0.29, 0.717) is 45.9 Å². The van der Waals surface area contributed by atoms with Crippen LogP contribution in [-0.2, 0) is 6.42 Å². The van der Waals surface area contributed by atoms with Gasteiger partial charge in [0.2, 0.25) is 0 Å². The molecule has 1 N–H and O–H groups in total. The molecule has 3 heterocycles. The number of fused-ring (bicyclic) bond motifs is 2. The molecule has 41 heavy (non-hydrogen) atoms. The number of halogens is 1. The number of phenolic OH excluding ortho intramolecular Hbond substituents is 1. The Hall–Kier alpha value is -3.52. The number of hydrogen-bond acceptors (Lipinski definition) is 6. The summed E-state index contributed by atoms with van der Waals surface area (Å²) in [6.45, 7) is 4.79. The van der Waals surface area contributed by atoms with E-state index >= 15 is 0 Å². The lowest BCUT2D eigenvalue weighted by atomic mass is 9.93. The molecular weight excluding hydrogens is 519 g/mol. The Labute approximate surface area is 243 Å². The molecule has 1 saturated heterocycles. The molecule has 0 amide bonds. The fourth-order valence-corrected chi connectivity index (χ4v) is 6.04. The minimum Gasteiger partial charge on any atom is -0.508 e. The van der Waals surface area contributed by atoms with Crippen molar-refractivity contribution < 1.29 is 17.0 Å². The second-order valence-electron chi connectivity index (χ2n) is 11.0. The van der Waals surface area contributed by atoms with Crippen molar-refractivity contribution in [3.8, 4) is 17.4 Å². The van der Waals surface area contributed by atoms with Gasteiger partial charge in [0.05, 0.1) is 14.1 Å². The zero-order valence-corrected chi connectivity index (χ0v) is 24.4. The van der Waals surface area contributed by atoms with E-state index in [9.17, 15) is 14.3 Å². The van der Waals surface area contributed by atoms with Crippen molar-refractivity contribution in [3.05, 3.63) is 64.0 Å². The van der Waals surface area contributed by atoms with Crippen LogP contribution in [0.4, 0.5) is 4.39 Å². The third kappa shape index (κ3) is 5.80. The minimum atomic E-state index is -2.07. The molecule has 0 spiro atoms. The molecule has 8 heteroatoms. The van der Waals surface area contributed by atoms with Gasteiger partial charge in [0.25, 0.3) is 5.56 Å². The third-order valence-corrected chi connectivity index (χ3v) is 8.35. The molecule has 2 aromatic carbocycles. The highest BCUT2D eigenvalue weighted by molar-refractivity contribution is 5.95. The number of likely N-dealkylation sites (tertiary alicyclic amines) is 1. The van der Waals surface area contributed by atoms with Crippen LogP contribution in [0.2, 0.25) is 0 Å². The van der Waals surface area contributed by atoms with Crippen LogP contribution < -0.4 is 10.3 Å². The lowest BCUT2D eigenvalue weighted by Gasteiger charge is -2.21. The van der Waals surface area contributed by atoms with Crippen LogP contribution in [0.15, 0.2) is 41.3 Å². The number of ether oxygens (including phenoxy) is 1. The summed E-state index contributed by atoms with van der Waals surface area (Å²) >= 11 is 0. The smallest absolute Gasteiger partial charge is 0.317 e. The number of unbranched alkanes of at least 4 members (excludes halogenated alkanes) is 2. The van der Waals surface area contributed by atoms with Gasteiger partial charge in [0.15, 0.2) is 0 Å². The van der Waals surface area contributed by atoms with Gasteiger partial charge in [-0.05, 0) is 74.8 Å². The van der Waals surface area contributed by atoms with E-state index in [0.717, 1.165) is 45.1 Å². The first-order valence-electron chi connectivity index (χ1n) is 15.9. The van der Waals surface area contributed by atoms with Crippen LogP contribution in [0.5, 0.6) is 11.8 Å². The largest absolute Gasteiger partial charge is 0.508 e. The zero-order chi connectivity index (χ0) is 30.9. The van der Waals surface area contributed by atoms with Crippen LogP contribution >= 0.6 is 0 Å². The van der Waals surface area contributed by atoms with Crippen molar-refractivity contribution in [2.45, 2.75) is 84.1 Å². The molecule has 5 rings (SSSR count). The summed E-state index contributed by atoms with van der Waals surface area (Å²) in [4.78, 5) is 25.5. The molecule has 0 saturated carbocycles. The Bertz CT molecular complexity index is 1690. The Morgan fingerprint density at radius 1 is 1.20 bits per heavy atom. The van der Waals surface area contributed by atoms with Gasteiger partial charge in [-0.15, -0.1) is 0 Å². The lowest BCUT2D eigenvalue weighted by molar-refractivity contribution is 0.187. The maximum absolute atomic E-state index is 14.9. The molecule has 2 atom stereocenters. The highest BCUT2D eigenvalue weighted by Crippen LogP contribution is 2.34. The quantitative estimate of drug-likeness (QED) is 0.201. The highest BCUT2D eigenvalue weighted by atomic mass is 19.1. The van der Waals surface area contributed by atoms with Crippen molar-refractivity contribution in [2.75, 3.05) is 20.2 Å². The van der Waals surface area contributed by atoms with Crippen molar-refractivity contribution in [2.24, 2.45) is 0 Å². The van der Waals surface area contributed by atoms with Crippen LogP contribution in [0, 0.1) is 5.82 Å². The molecule has 1 unspecified atom stereocenters. The van der Waals surface area contributed by atoms with Crippen molar-refractivity contribution in [3.63, 3.8) is 0 Å². The van der Waals surface area contributed by atoms with E-state index in [1.807, 2.05) is 18.9 Å². The number of pyridine rings is 1. The monoisotopic (exact) mass is 562 g/mol. The van der Waals surface area contributed by atoms with Gasteiger partial charge in [0.1, 0.15) is 23.6 Å². The summed E-state index contributed by atoms with van der Waals surface area (Å²) in [5.74, 6) is -0.406. The highest BCUT2D eigenvalue weighted by Gasteiger charge is 2.24. The van der Waals surface area contributed by atoms with Gasteiger partial charge in [-0.1, -0.05) is 46.1 Å². The summed E-state index contributed by atoms with van der Waals surface area (Å²) in [6, 6.07) is 7.14. The molecule has 1 fully saturated rings. The van der Waals surface area contributed by atoms with Gasteiger partial charge in [-0.3, -0.25) is 9.36 Å². The first-order valence-corrected chi connectivity index (χ1v) is 14.9. The van der Waals surface area contributed by atoms with Crippen molar-refractivity contribution in [1.29, 1.82) is 0 Å². The number of nitrogens with zero attached hydrogens (tertiary/aromatic N) is 4. The number of aromatic nitrogens is 3. The van der Waals surface area contributed by atoms with E-state index in [1.54, 1.807) is 24.4 Å². The molecule has 0 radical (unpaired) electrons. The molecular formula is C33H41FN4O3. The zero-order valence-electron chi connectivity index (χ0n) is 26.4. The van der Waals surface area contributed by atoms with E-state index in [2.05, 4.69) is 18.8 Å². The summed E-state index contributed by atoms with van der Waals surface area (Å²) in [5.41, 5.74) is 1.07. The van der Waals surface area contributed by atoms with Gasteiger partial charge in [-0.25, -0.2) is 4.39 Å². The number of likely N-dealkylation sites (N-methyl/N-ethyl adjacent to an activating group) is 1. The number of aryl methyl sites for hydroxylation is 1. The van der Waals surface area contributed by atoms with E-state index in [1.165, 1.54) is 16.7 Å². The molecule has 2 aromatic heterocycles. The summed E-state index contributed by atoms with van der Waals surface area (Å²) in [7, 11) is 1.87. The first-order chi connectivity index (χ1) is 20.6. The first kappa shape index (κ1) is 26.4. The standard InChI is InChI=1S/C33H41FN4O3/c1-5-8-9-11-21(6-2)30-26-15-17-38(28-19-24(39)18-22-13-14-27(34)25(7-3)29(22)28)32(40)31(26)36-33(35-30)41-20-23-12-10-16-37(23)4/h13-15,17-19,21,23,39H,5-12,16,20H2,1-4H3/t21?,23-/m0/s1/i20D2. The van der Waals surface area contributed by atoms with Crippen LogP contribution in [0.25, 0.3) is 27.4 Å². The number of hydrogen-bond donors (Lipinski definition) is 1. The maximum atomic E-state index is 14.9. The fraction of sp³-hybridized carbons (Fsp3) is 0.485. The summed E-state index contributed by atoms with van der Waals surface area (Å²) < 4.78 is 39.7. The number of aromatic hydroxyl groups is 1. The molecule has 1 aliphatic rings. The normalized spacial score (nSPS) is 17.6. The average Bonchev–Trinajstić information content (AvgIpc) is 3.42. The number of rotatable bonds is 11. The number of phenols is 1. The summed E-state index contributed by atoms with van der Waals surface area (Å²) in [5, 5.41) is 12.3. The molecule has 1 aliphatic heterocycles. The van der Waals surface area contributed by atoms with Crippen LogP contribution in [-0.4, -0.2) is 50.7 Å². The molecule has 218 valence electrons. The molecule has 0 bridgehead atoms. The molecule has 4 aromatic rings. The van der Waals surface area contributed by atoms with Crippen molar-refractivity contribution >= 4 is 21.7 Å². The van der Waals surface area contributed by atoms with Crippen molar-refractivity contribution in [1.82, 2.24) is 19.4 Å². The second-order valence-corrected chi connectivity index (χ2v) is 11.0. The van der Waals surface area contributed by atoms with Crippen LogP contribution in [0.1, 0.15) is 85.6 Å².